The summed E-state index contributed by atoms with van der Waals surface area (Å²) in [7, 11) is 0. The maximum atomic E-state index is 11.4. The van der Waals surface area contributed by atoms with Gasteiger partial charge in [0, 0.05) is 6.54 Å². The van der Waals surface area contributed by atoms with Crippen LogP contribution in [0.3, 0.4) is 0 Å². The standard InChI is InChI=1S/C15H19NO4S/c1-11(13(21)14(17)18)6-5-9-16-15(19)20-10-12-7-3-2-4-8-12/h2-4,7-8,13,21H,1,5-6,9-10H2,(H,16,19)(H,17,18)/t13-/m0/s1. The normalized spacial score (nSPS) is 11.5. The lowest BCUT2D eigenvalue weighted by Crippen LogP contribution is -2.25. The van der Waals surface area contributed by atoms with Gasteiger partial charge in [-0.05, 0) is 18.4 Å². The summed E-state index contributed by atoms with van der Waals surface area (Å²) in [6.45, 7) is 4.28. The van der Waals surface area contributed by atoms with E-state index in [4.69, 9.17) is 9.84 Å². The lowest BCUT2D eigenvalue weighted by molar-refractivity contribution is -0.135. The number of hydrogen-bond donors (Lipinski definition) is 3. The van der Waals surface area contributed by atoms with Crippen molar-refractivity contribution in [2.24, 2.45) is 0 Å². The number of aliphatic carboxylic acids is 1. The zero-order valence-electron chi connectivity index (χ0n) is 11.6. The molecule has 0 aliphatic carbocycles. The van der Waals surface area contributed by atoms with Crippen LogP contribution in [0.2, 0.25) is 0 Å². The smallest absolute Gasteiger partial charge is 0.407 e. The molecule has 0 aliphatic rings. The van der Waals surface area contributed by atoms with Crippen molar-refractivity contribution in [2.45, 2.75) is 24.7 Å². The van der Waals surface area contributed by atoms with E-state index in [1.54, 1.807) is 0 Å². The molecule has 0 heterocycles. The van der Waals surface area contributed by atoms with Gasteiger partial charge in [-0.3, -0.25) is 4.79 Å². The van der Waals surface area contributed by atoms with Gasteiger partial charge in [0.25, 0.3) is 0 Å². The Morgan fingerprint density at radius 1 is 1.33 bits per heavy atom. The molecule has 0 aromatic heterocycles. The Hall–Kier alpha value is -1.95. The Morgan fingerprint density at radius 3 is 2.62 bits per heavy atom. The van der Waals surface area contributed by atoms with Crippen LogP contribution in [0.1, 0.15) is 18.4 Å². The molecule has 2 N–H and O–H groups in total. The molecule has 0 unspecified atom stereocenters. The third-order valence-corrected chi connectivity index (χ3v) is 3.36. The monoisotopic (exact) mass is 309 g/mol. The third-order valence-electron chi connectivity index (χ3n) is 2.78. The minimum Gasteiger partial charge on any atom is -0.480 e. The predicted octanol–water partition coefficient (Wildman–Crippen LogP) is 2.63. The van der Waals surface area contributed by atoms with Crippen molar-refractivity contribution < 1.29 is 19.4 Å². The maximum absolute atomic E-state index is 11.4. The first-order valence-corrected chi connectivity index (χ1v) is 7.05. The van der Waals surface area contributed by atoms with E-state index >= 15 is 0 Å². The first-order valence-electron chi connectivity index (χ1n) is 6.54. The number of thiol groups is 1. The lowest BCUT2D eigenvalue weighted by atomic mass is 10.1. The van der Waals surface area contributed by atoms with Crippen LogP contribution in [0, 0.1) is 0 Å². The summed E-state index contributed by atoms with van der Waals surface area (Å²) in [6, 6.07) is 9.38. The molecule has 0 saturated carbocycles. The van der Waals surface area contributed by atoms with Crippen LogP contribution in [-0.4, -0.2) is 29.0 Å². The molecule has 1 aromatic rings. The molecule has 1 atom stereocenters. The Balaban J connectivity index is 2.14. The van der Waals surface area contributed by atoms with Gasteiger partial charge in [0.15, 0.2) is 0 Å². The highest BCUT2D eigenvalue weighted by molar-refractivity contribution is 7.82. The van der Waals surface area contributed by atoms with Crippen LogP contribution >= 0.6 is 12.6 Å². The van der Waals surface area contributed by atoms with E-state index in [-0.39, 0.29) is 6.61 Å². The van der Waals surface area contributed by atoms with Crippen LogP contribution in [0.15, 0.2) is 42.5 Å². The van der Waals surface area contributed by atoms with E-state index < -0.39 is 17.3 Å². The fourth-order valence-corrected chi connectivity index (χ4v) is 1.72. The highest BCUT2D eigenvalue weighted by Gasteiger charge is 2.15. The number of carboxylic acids is 1. The van der Waals surface area contributed by atoms with E-state index in [2.05, 4.69) is 24.5 Å². The molecule has 21 heavy (non-hydrogen) atoms. The van der Waals surface area contributed by atoms with Crippen LogP contribution in [0.4, 0.5) is 4.79 Å². The highest BCUT2D eigenvalue weighted by atomic mass is 32.1. The quantitative estimate of drug-likeness (QED) is 0.392. The summed E-state index contributed by atoms with van der Waals surface area (Å²) in [6.07, 6.45) is 0.577. The second-order valence-corrected chi connectivity index (χ2v) is 5.01. The van der Waals surface area contributed by atoms with Gasteiger partial charge >= 0.3 is 12.1 Å². The summed E-state index contributed by atoms with van der Waals surface area (Å²) < 4.78 is 5.04. The molecule has 0 radical (unpaired) electrons. The molecule has 1 amide bonds. The Morgan fingerprint density at radius 2 is 2.00 bits per heavy atom. The van der Waals surface area contributed by atoms with Crippen molar-refractivity contribution in [3.63, 3.8) is 0 Å². The minimum atomic E-state index is -1.02. The van der Waals surface area contributed by atoms with Gasteiger partial charge in [-0.25, -0.2) is 4.79 Å². The number of benzene rings is 1. The molecule has 5 nitrogen and oxygen atoms in total. The topological polar surface area (TPSA) is 75.6 Å². The number of ether oxygens (including phenoxy) is 1. The number of rotatable bonds is 8. The molecule has 1 rings (SSSR count). The van der Waals surface area contributed by atoms with E-state index in [9.17, 15) is 9.59 Å². The number of carbonyl (C=O) groups excluding carboxylic acids is 1. The molecule has 0 spiro atoms. The summed E-state index contributed by atoms with van der Waals surface area (Å²) in [5.74, 6) is -1.02. The Bertz CT molecular complexity index is 490. The number of hydrogen-bond acceptors (Lipinski definition) is 4. The zero-order chi connectivity index (χ0) is 15.7. The fourth-order valence-electron chi connectivity index (χ4n) is 1.59. The molecule has 114 valence electrons. The molecule has 6 heteroatoms. The Kier molecular flexibility index (Phi) is 7.39. The van der Waals surface area contributed by atoms with Gasteiger partial charge in [-0.15, -0.1) is 0 Å². The fraction of sp³-hybridized carbons (Fsp3) is 0.333. The molecular weight excluding hydrogens is 290 g/mol. The van der Waals surface area contributed by atoms with E-state index in [0.29, 0.717) is 25.0 Å². The predicted molar refractivity (Wildman–Crippen MR) is 83.4 cm³/mol. The summed E-state index contributed by atoms with van der Waals surface area (Å²) >= 11 is 3.93. The zero-order valence-corrected chi connectivity index (χ0v) is 12.5. The van der Waals surface area contributed by atoms with E-state index in [0.717, 1.165) is 5.56 Å². The summed E-state index contributed by atoms with van der Waals surface area (Å²) in [5, 5.41) is 10.5. The van der Waals surface area contributed by atoms with Gasteiger partial charge in [-0.2, -0.15) is 12.6 Å². The van der Waals surface area contributed by atoms with Crippen molar-refractivity contribution in [1.29, 1.82) is 0 Å². The number of nitrogens with one attached hydrogen (secondary N) is 1. The van der Waals surface area contributed by atoms with Crippen LogP contribution in [0.5, 0.6) is 0 Å². The average Bonchev–Trinajstić information content (AvgIpc) is 2.49. The molecule has 0 saturated heterocycles. The third kappa shape index (κ3) is 6.85. The van der Waals surface area contributed by atoms with Gasteiger partial charge < -0.3 is 15.2 Å². The van der Waals surface area contributed by atoms with Gasteiger partial charge in [-0.1, -0.05) is 42.5 Å². The van der Waals surface area contributed by atoms with Gasteiger partial charge in [0.2, 0.25) is 0 Å². The summed E-state index contributed by atoms with van der Waals surface area (Å²) in [4.78, 5) is 22.1. The van der Waals surface area contributed by atoms with Crippen molar-refractivity contribution >= 4 is 24.7 Å². The number of amides is 1. The average molecular weight is 309 g/mol. The van der Waals surface area contributed by atoms with Crippen molar-refractivity contribution in [3.8, 4) is 0 Å². The highest BCUT2D eigenvalue weighted by Crippen LogP contribution is 2.13. The van der Waals surface area contributed by atoms with Crippen LogP contribution in [-0.2, 0) is 16.1 Å². The molecular formula is C15H19NO4S. The van der Waals surface area contributed by atoms with Crippen molar-refractivity contribution in [2.75, 3.05) is 6.54 Å². The Labute approximate surface area is 129 Å². The second kappa shape index (κ2) is 9.07. The first kappa shape index (κ1) is 17.1. The lowest BCUT2D eigenvalue weighted by Gasteiger charge is -2.10. The van der Waals surface area contributed by atoms with Crippen LogP contribution < -0.4 is 5.32 Å². The van der Waals surface area contributed by atoms with E-state index in [1.165, 1.54) is 0 Å². The molecule has 1 aromatic carbocycles. The number of carbonyl (C=O) groups is 2. The molecule has 0 bridgehead atoms. The minimum absolute atomic E-state index is 0.219. The van der Waals surface area contributed by atoms with Gasteiger partial charge in [0.05, 0.1) is 0 Å². The van der Waals surface area contributed by atoms with Gasteiger partial charge in [0.1, 0.15) is 11.9 Å². The number of alkyl carbamates (subject to hydrolysis) is 1. The van der Waals surface area contributed by atoms with Crippen molar-refractivity contribution in [3.05, 3.63) is 48.0 Å². The second-order valence-electron chi connectivity index (χ2n) is 4.49. The SMILES string of the molecule is C=C(CCCNC(=O)OCc1ccccc1)[C@H](S)C(=O)O. The number of carboxylic acid groups (broad SMARTS) is 1. The molecule has 0 fully saturated rings. The van der Waals surface area contributed by atoms with E-state index in [1.807, 2.05) is 30.3 Å². The molecule has 0 aliphatic heterocycles. The maximum Gasteiger partial charge on any atom is 0.407 e. The largest absolute Gasteiger partial charge is 0.480 e. The summed E-state index contributed by atoms with van der Waals surface area (Å²) in [5.41, 5.74) is 1.44. The van der Waals surface area contributed by atoms with Crippen molar-refractivity contribution in [1.82, 2.24) is 5.32 Å². The first-order chi connectivity index (χ1) is 10.0. The van der Waals surface area contributed by atoms with Crippen LogP contribution in [0.25, 0.3) is 0 Å².